The summed E-state index contributed by atoms with van der Waals surface area (Å²) in [7, 11) is 3.38. The fourth-order valence-electron chi connectivity index (χ4n) is 2.27. The van der Waals surface area contributed by atoms with Crippen LogP contribution in [0.15, 0.2) is 35.2 Å². The molecule has 0 aliphatic carbocycles. The zero-order chi connectivity index (χ0) is 20.0. The van der Waals surface area contributed by atoms with Crippen LogP contribution < -0.4 is 10.9 Å². The highest BCUT2D eigenvalue weighted by Crippen LogP contribution is 2.23. The fourth-order valence-corrected chi connectivity index (χ4v) is 4.31. The van der Waals surface area contributed by atoms with Crippen LogP contribution in [0.5, 0.6) is 0 Å². The number of nitrogens with zero attached hydrogens (tertiary/aromatic N) is 1. The van der Waals surface area contributed by atoms with E-state index in [2.05, 4.69) is 10.9 Å². The van der Waals surface area contributed by atoms with Crippen molar-refractivity contribution in [3.05, 3.63) is 51.2 Å². The molecule has 6 nitrogen and oxygen atoms in total. The van der Waals surface area contributed by atoms with Gasteiger partial charge in [-0.1, -0.05) is 19.1 Å². The number of nitrogens with one attached hydrogen (secondary N) is 2. The normalized spacial score (nSPS) is 10.4. The quantitative estimate of drug-likeness (QED) is 0.572. The molecule has 0 bridgehead atoms. The number of hydrogen-bond donors (Lipinski definition) is 2. The van der Waals surface area contributed by atoms with Crippen LogP contribution in [-0.4, -0.2) is 42.5 Å². The molecule has 1 aromatic heterocycles. The third-order valence-electron chi connectivity index (χ3n) is 3.84. The largest absolute Gasteiger partial charge is 0.348 e. The standard InChI is InChI=1S/C19H23N3O3S2/c1-5-14-12(2)10-16(27-14)19(25)21-20-18(24)13-8-6-7-9-15(13)26-11-17(23)22(3)4/h6-10H,5,11H2,1-4H3,(H,20,24)(H,21,25). The predicted molar refractivity (Wildman–Crippen MR) is 109 cm³/mol. The number of thiophene rings is 1. The van der Waals surface area contributed by atoms with E-state index in [1.165, 1.54) is 28.0 Å². The van der Waals surface area contributed by atoms with Gasteiger partial charge in [-0.05, 0) is 37.1 Å². The molecule has 0 fully saturated rings. The molecule has 144 valence electrons. The van der Waals surface area contributed by atoms with Gasteiger partial charge in [-0.2, -0.15) is 0 Å². The van der Waals surface area contributed by atoms with Crippen molar-refractivity contribution in [1.82, 2.24) is 15.8 Å². The summed E-state index contributed by atoms with van der Waals surface area (Å²) in [4.78, 5) is 40.4. The number of hydrogen-bond acceptors (Lipinski definition) is 5. The van der Waals surface area contributed by atoms with Crippen molar-refractivity contribution in [1.29, 1.82) is 0 Å². The van der Waals surface area contributed by atoms with Gasteiger partial charge in [0.1, 0.15) is 0 Å². The number of amides is 3. The van der Waals surface area contributed by atoms with Gasteiger partial charge in [0.2, 0.25) is 5.91 Å². The number of benzene rings is 1. The van der Waals surface area contributed by atoms with Crippen LogP contribution in [0.4, 0.5) is 0 Å². The van der Waals surface area contributed by atoms with Crippen molar-refractivity contribution >= 4 is 40.8 Å². The van der Waals surface area contributed by atoms with E-state index in [-0.39, 0.29) is 17.6 Å². The van der Waals surface area contributed by atoms with E-state index in [1.54, 1.807) is 38.4 Å². The first-order valence-electron chi connectivity index (χ1n) is 8.45. The maximum Gasteiger partial charge on any atom is 0.279 e. The minimum absolute atomic E-state index is 0.0386. The molecule has 0 unspecified atom stereocenters. The van der Waals surface area contributed by atoms with Gasteiger partial charge in [0.05, 0.1) is 16.2 Å². The van der Waals surface area contributed by atoms with Gasteiger partial charge >= 0.3 is 0 Å². The summed E-state index contributed by atoms with van der Waals surface area (Å²) >= 11 is 2.71. The highest BCUT2D eigenvalue weighted by atomic mass is 32.2. The molecule has 0 saturated carbocycles. The van der Waals surface area contributed by atoms with E-state index >= 15 is 0 Å². The van der Waals surface area contributed by atoms with Crippen LogP contribution in [0, 0.1) is 6.92 Å². The lowest BCUT2D eigenvalue weighted by atomic mass is 10.2. The molecule has 1 heterocycles. The molecule has 2 N–H and O–H groups in total. The van der Waals surface area contributed by atoms with E-state index in [0.29, 0.717) is 15.3 Å². The molecule has 0 spiro atoms. The van der Waals surface area contributed by atoms with Crippen LogP contribution >= 0.6 is 23.1 Å². The van der Waals surface area contributed by atoms with Crippen molar-refractivity contribution in [2.75, 3.05) is 19.8 Å². The Morgan fingerprint density at radius 1 is 1.11 bits per heavy atom. The van der Waals surface area contributed by atoms with Crippen molar-refractivity contribution in [3.8, 4) is 0 Å². The van der Waals surface area contributed by atoms with Gasteiger partial charge in [-0.15, -0.1) is 23.1 Å². The van der Waals surface area contributed by atoms with Crippen LogP contribution in [0.1, 0.15) is 37.4 Å². The number of carbonyl (C=O) groups excluding carboxylic acids is 3. The minimum atomic E-state index is -0.423. The van der Waals surface area contributed by atoms with Gasteiger partial charge in [-0.3, -0.25) is 25.2 Å². The number of aryl methyl sites for hydroxylation is 2. The van der Waals surface area contributed by atoms with E-state index in [9.17, 15) is 14.4 Å². The van der Waals surface area contributed by atoms with E-state index in [0.717, 1.165) is 16.9 Å². The van der Waals surface area contributed by atoms with E-state index < -0.39 is 5.91 Å². The molecule has 0 atom stereocenters. The lowest BCUT2D eigenvalue weighted by Crippen LogP contribution is -2.41. The molecule has 27 heavy (non-hydrogen) atoms. The Bertz CT molecular complexity index is 846. The van der Waals surface area contributed by atoms with Crippen LogP contribution in [-0.2, 0) is 11.2 Å². The average molecular weight is 406 g/mol. The second-order valence-corrected chi connectivity index (χ2v) is 8.21. The van der Waals surface area contributed by atoms with E-state index in [4.69, 9.17) is 0 Å². The Morgan fingerprint density at radius 2 is 1.78 bits per heavy atom. The molecule has 0 radical (unpaired) electrons. The lowest BCUT2D eigenvalue weighted by molar-refractivity contribution is -0.125. The minimum Gasteiger partial charge on any atom is -0.348 e. The molecule has 3 amide bonds. The maximum atomic E-state index is 12.5. The van der Waals surface area contributed by atoms with Crippen molar-refractivity contribution in [2.45, 2.75) is 25.2 Å². The molecular weight excluding hydrogens is 382 g/mol. The number of carbonyl (C=O) groups is 3. The van der Waals surface area contributed by atoms with E-state index in [1.807, 2.05) is 19.9 Å². The first-order chi connectivity index (χ1) is 12.8. The molecule has 0 aliphatic rings. The molecule has 2 aromatic rings. The zero-order valence-corrected chi connectivity index (χ0v) is 17.4. The fraction of sp³-hybridized carbons (Fsp3) is 0.316. The summed E-state index contributed by atoms with van der Waals surface area (Å²) < 4.78 is 0. The molecule has 2 rings (SSSR count). The molecule has 0 aliphatic heterocycles. The summed E-state index contributed by atoms with van der Waals surface area (Å²) in [6.07, 6.45) is 0.867. The van der Waals surface area contributed by atoms with Crippen molar-refractivity contribution in [3.63, 3.8) is 0 Å². The van der Waals surface area contributed by atoms with Gasteiger partial charge in [0.25, 0.3) is 11.8 Å². The summed E-state index contributed by atoms with van der Waals surface area (Å²) in [5, 5.41) is 0. The second kappa shape index (κ2) is 9.57. The molecule has 8 heteroatoms. The Morgan fingerprint density at radius 3 is 2.41 bits per heavy atom. The monoisotopic (exact) mass is 405 g/mol. The summed E-state index contributed by atoms with van der Waals surface area (Å²) in [6.45, 7) is 4.01. The highest BCUT2D eigenvalue weighted by Gasteiger charge is 2.16. The van der Waals surface area contributed by atoms with Gasteiger partial charge in [-0.25, -0.2) is 0 Å². The number of hydrazine groups is 1. The first kappa shape index (κ1) is 21.0. The van der Waals surface area contributed by atoms with Gasteiger partial charge in [0.15, 0.2) is 0 Å². The summed E-state index contributed by atoms with van der Waals surface area (Å²) in [5.74, 6) is -0.571. The highest BCUT2D eigenvalue weighted by molar-refractivity contribution is 8.00. The van der Waals surface area contributed by atoms with Crippen LogP contribution in [0.2, 0.25) is 0 Å². The Kier molecular flexibility index (Phi) is 7.44. The maximum absolute atomic E-state index is 12.5. The lowest BCUT2D eigenvalue weighted by Gasteiger charge is -2.12. The van der Waals surface area contributed by atoms with Gasteiger partial charge in [0, 0.05) is 23.9 Å². The SMILES string of the molecule is CCc1sc(C(=O)NNC(=O)c2ccccc2SCC(=O)N(C)C)cc1C. The summed E-state index contributed by atoms with van der Waals surface area (Å²) in [5.41, 5.74) is 6.40. The predicted octanol–water partition coefficient (Wildman–Crippen LogP) is 2.87. The Labute approximate surface area is 167 Å². The van der Waals surface area contributed by atoms with Crippen molar-refractivity contribution in [2.24, 2.45) is 0 Å². The smallest absolute Gasteiger partial charge is 0.279 e. The molecular formula is C19H23N3O3S2. The third kappa shape index (κ3) is 5.58. The average Bonchev–Trinajstić information content (AvgIpc) is 3.04. The van der Waals surface area contributed by atoms with Crippen LogP contribution in [0.25, 0.3) is 0 Å². The summed E-state index contributed by atoms with van der Waals surface area (Å²) in [6, 6.07) is 8.81. The topological polar surface area (TPSA) is 78.5 Å². The second-order valence-electron chi connectivity index (χ2n) is 6.05. The van der Waals surface area contributed by atoms with Crippen molar-refractivity contribution < 1.29 is 14.4 Å². The Hall–Kier alpha value is -2.32. The zero-order valence-electron chi connectivity index (χ0n) is 15.8. The Balaban J connectivity index is 2.01. The van der Waals surface area contributed by atoms with Gasteiger partial charge < -0.3 is 4.90 Å². The molecule has 0 saturated heterocycles. The molecule has 1 aromatic carbocycles. The number of thioether (sulfide) groups is 1. The van der Waals surface area contributed by atoms with Crippen LogP contribution in [0.3, 0.4) is 0 Å². The number of rotatable bonds is 6. The first-order valence-corrected chi connectivity index (χ1v) is 10.3. The third-order valence-corrected chi connectivity index (χ3v) is 6.28.